The van der Waals surface area contributed by atoms with Gasteiger partial charge in [0.1, 0.15) is 10.7 Å². The summed E-state index contributed by atoms with van der Waals surface area (Å²) in [4.78, 5) is 16.6. The number of hydrogen-bond acceptors (Lipinski definition) is 6. The summed E-state index contributed by atoms with van der Waals surface area (Å²) in [6, 6.07) is 3.06. The van der Waals surface area contributed by atoms with Crippen LogP contribution in [0.2, 0.25) is 0 Å². The fourth-order valence-electron chi connectivity index (χ4n) is 2.01. The summed E-state index contributed by atoms with van der Waals surface area (Å²) in [6.07, 6.45) is 0. The molecule has 2 aromatic rings. The lowest BCUT2D eigenvalue weighted by atomic mass is 10.1. The van der Waals surface area contributed by atoms with Crippen molar-refractivity contribution in [2.75, 3.05) is 19.4 Å². The monoisotopic (exact) mass is 404 g/mol. The molecule has 0 bridgehead atoms. The molecule has 0 atom stereocenters. The number of thiazole rings is 1. The van der Waals surface area contributed by atoms with E-state index in [0.29, 0.717) is 10.7 Å². The van der Waals surface area contributed by atoms with Crippen molar-refractivity contribution in [1.82, 2.24) is 9.29 Å². The van der Waals surface area contributed by atoms with E-state index >= 15 is 0 Å². The Labute approximate surface area is 157 Å². The minimum Gasteiger partial charge on any atom is -0.325 e. The molecular formula is C15H21ClN4O3S2. The lowest BCUT2D eigenvalue weighted by Crippen LogP contribution is -2.23. The minimum absolute atomic E-state index is 0. The molecule has 0 saturated carbocycles. The van der Waals surface area contributed by atoms with Crippen LogP contribution in [0, 0.1) is 13.8 Å². The van der Waals surface area contributed by atoms with E-state index in [9.17, 15) is 13.2 Å². The highest BCUT2D eigenvalue weighted by molar-refractivity contribution is 7.89. The zero-order chi connectivity index (χ0) is 18.1. The predicted molar refractivity (Wildman–Crippen MR) is 102 cm³/mol. The number of carbonyl (C=O) groups excluding carboxylic acids is 1. The van der Waals surface area contributed by atoms with Crippen LogP contribution >= 0.6 is 23.7 Å². The maximum Gasteiger partial charge on any atom is 0.275 e. The molecule has 1 aromatic heterocycles. The predicted octanol–water partition coefficient (Wildman–Crippen LogP) is 2.14. The molecule has 1 aromatic carbocycles. The Balaban J connectivity index is 0.00000312. The maximum absolute atomic E-state index is 12.3. The number of nitrogens with one attached hydrogen (secondary N) is 1. The molecule has 0 saturated heterocycles. The summed E-state index contributed by atoms with van der Waals surface area (Å²) in [6.45, 7) is 3.89. The largest absolute Gasteiger partial charge is 0.325 e. The summed E-state index contributed by atoms with van der Waals surface area (Å²) >= 11 is 1.31. The molecular weight excluding hydrogens is 384 g/mol. The molecule has 138 valence electrons. The molecule has 3 N–H and O–H groups in total. The van der Waals surface area contributed by atoms with Gasteiger partial charge in [-0.25, -0.2) is 17.7 Å². The normalized spacial score (nSPS) is 11.3. The number of amides is 1. The molecule has 7 nitrogen and oxygen atoms in total. The van der Waals surface area contributed by atoms with Gasteiger partial charge in [-0.3, -0.25) is 4.79 Å². The SMILES string of the molecule is Cc1cc(S(=O)(=O)N(C)C)cc(NC(=O)c2csc(CN)n2)c1C.Cl. The third-order valence-electron chi connectivity index (χ3n) is 3.63. The van der Waals surface area contributed by atoms with E-state index in [1.165, 1.54) is 31.5 Å². The van der Waals surface area contributed by atoms with Crippen molar-refractivity contribution in [1.29, 1.82) is 0 Å². The minimum atomic E-state index is -3.59. The number of nitrogens with two attached hydrogens (primary N) is 1. The number of rotatable bonds is 5. The first-order chi connectivity index (χ1) is 11.2. The van der Waals surface area contributed by atoms with Gasteiger partial charge >= 0.3 is 0 Å². The van der Waals surface area contributed by atoms with Gasteiger partial charge in [-0.05, 0) is 37.1 Å². The van der Waals surface area contributed by atoms with E-state index in [4.69, 9.17) is 5.73 Å². The number of aromatic nitrogens is 1. The molecule has 10 heteroatoms. The molecule has 0 radical (unpaired) electrons. The molecule has 2 rings (SSSR count). The molecule has 0 fully saturated rings. The number of hydrogen-bond donors (Lipinski definition) is 2. The van der Waals surface area contributed by atoms with Crippen LogP contribution < -0.4 is 11.1 Å². The van der Waals surface area contributed by atoms with Gasteiger partial charge in [0.05, 0.1) is 4.90 Å². The number of aryl methyl sites for hydroxylation is 1. The first kappa shape index (κ1) is 21.5. The number of sulfonamides is 1. The van der Waals surface area contributed by atoms with Gasteiger partial charge in [0.15, 0.2) is 0 Å². The van der Waals surface area contributed by atoms with Crippen LogP contribution in [-0.2, 0) is 16.6 Å². The third kappa shape index (κ3) is 4.56. The van der Waals surface area contributed by atoms with Crippen molar-refractivity contribution in [2.45, 2.75) is 25.3 Å². The topological polar surface area (TPSA) is 105 Å². The highest BCUT2D eigenvalue weighted by atomic mass is 35.5. The van der Waals surface area contributed by atoms with Crippen molar-refractivity contribution in [3.63, 3.8) is 0 Å². The van der Waals surface area contributed by atoms with E-state index in [2.05, 4.69) is 10.3 Å². The maximum atomic E-state index is 12.3. The second kappa shape index (κ2) is 8.24. The van der Waals surface area contributed by atoms with Crippen LogP contribution in [-0.4, -0.2) is 37.7 Å². The summed E-state index contributed by atoms with van der Waals surface area (Å²) in [7, 11) is -0.658. The highest BCUT2D eigenvalue weighted by Gasteiger charge is 2.20. The lowest BCUT2D eigenvalue weighted by molar-refractivity contribution is 0.102. The van der Waals surface area contributed by atoms with Crippen molar-refractivity contribution in [2.24, 2.45) is 5.73 Å². The summed E-state index contributed by atoms with van der Waals surface area (Å²) < 4.78 is 25.8. The van der Waals surface area contributed by atoms with Crippen LogP contribution in [0.4, 0.5) is 5.69 Å². The van der Waals surface area contributed by atoms with Crippen LogP contribution in [0.25, 0.3) is 0 Å². The molecule has 0 unspecified atom stereocenters. The first-order valence-corrected chi connectivity index (χ1v) is 9.48. The van der Waals surface area contributed by atoms with Crippen LogP contribution in [0.3, 0.4) is 0 Å². The van der Waals surface area contributed by atoms with E-state index in [-0.39, 0.29) is 29.5 Å². The first-order valence-electron chi connectivity index (χ1n) is 7.16. The molecule has 0 aliphatic carbocycles. The van der Waals surface area contributed by atoms with Crippen LogP contribution in [0.1, 0.15) is 26.6 Å². The zero-order valence-electron chi connectivity index (χ0n) is 14.4. The quantitative estimate of drug-likeness (QED) is 0.794. The number of halogens is 1. The Kier molecular flexibility index (Phi) is 7.09. The van der Waals surface area contributed by atoms with Gasteiger partial charge < -0.3 is 11.1 Å². The van der Waals surface area contributed by atoms with Crippen molar-refractivity contribution < 1.29 is 13.2 Å². The molecule has 1 amide bonds. The van der Waals surface area contributed by atoms with Gasteiger partial charge in [0.25, 0.3) is 5.91 Å². The summed E-state index contributed by atoms with van der Waals surface area (Å²) in [5.74, 6) is -0.396. The Morgan fingerprint density at radius 1 is 1.32 bits per heavy atom. The zero-order valence-corrected chi connectivity index (χ0v) is 16.8. The van der Waals surface area contributed by atoms with Crippen LogP contribution in [0.5, 0.6) is 0 Å². The van der Waals surface area contributed by atoms with Gasteiger partial charge in [-0.1, -0.05) is 0 Å². The van der Waals surface area contributed by atoms with E-state index in [0.717, 1.165) is 15.4 Å². The van der Waals surface area contributed by atoms with Crippen LogP contribution in [0.15, 0.2) is 22.4 Å². The van der Waals surface area contributed by atoms with E-state index in [1.807, 2.05) is 6.92 Å². The average molecular weight is 405 g/mol. The average Bonchev–Trinajstić information content (AvgIpc) is 3.00. The Bertz CT molecular complexity index is 879. The van der Waals surface area contributed by atoms with Crippen molar-refractivity contribution in [3.8, 4) is 0 Å². The molecule has 0 spiro atoms. The van der Waals surface area contributed by atoms with Gasteiger partial charge in [0.2, 0.25) is 10.0 Å². The van der Waals surface area contributed by atoms with E-state index in [1.54, 1.807) is 18.4 Å². The third-order valence-corrected chi connectivity index (χ3v) is 6.29. The standard InChI is InChI=1S/C15H20N4O3S2.ClH/c1-9-5-11(24(21,22)19(3)4)6-12(10(9)2)18-15(20)13-8-23-14(7-16)17-13;/h5-6,8H,7,16H2,1-4H3,(H,18,20);1H. The number of benzene rings is 1. The summed E-state index contributed by atoms with van der Waals surface area (Å²) in [5, 5.41) is 5.03. The fourth-order valence-corrected chi connectivity index (χ4v) is 3.68. The Morgan fingerprint density at radius 3 is 2.48 bits per heavy atom. The lowest BCUT2D eigenvalue weighted by Gasteiger charge is -2.16. The highest BCUT2D eigenvalue weighted by Crippen LogP contribution is 2.26. The Morgan fingerprint density at radius 2 is 1.96 bits per heavy atom. The van der Waals surface area contributed by atoms with Gasteiger partial charge in [0, 0.05) is 31.7 Å². The molecule has 0 aliphatic rings. The summed E-state index contributed by atoms with van der Waals surface area (Å²) in [5.41, 5.74) is 7.78. The molecule has 1 heterocycles. The number of anilines is 1. The Hall–Kier alpha value is -1.52. The van der Waals surface area contributed by atoms with Gasteiger partial charge in [-0.2, -0.15) is 0 Å². The van der Waals surface area contributed by atoms with E-state index < -0.39 is 15.9 Å². The van der Waals surface area contributed by atoms with Crippen molar-refractivity contribution >= 4 is 45.4 Å². The van der Waals surface area contributed by atoms with Crippen molar-refractivity contribution in [3.05, 3.63) is 39.3 Å². The smallest absolute Gasteiger partial charge is 0.275 e. The second-order valence-electron chi connectivity index (χ2n) is 5.48. The number of nitrogens with zero attached hydrogens (tertiary/aromatic N) is 2. The number of carbonyl (C=O) groups is 1. The fraction of sp³-hybridized carbons (Fsp3) is 0.333. The molecule has 0 aliphatic heterocycles. The molecule has 25 heavy (non-hydrogen) atoms. The van der Waals surface area contributed by atoms with Gasteiger partial charge in [-0.15, -0.1) is 23.7 Å². The second-order valence-corrected chi connectivity index (χ2v) is 8.58.